The number of methoxy groups -OCH3 is 1. The minimum atomic E-state index is -0.0562. The van der Waals surface area contributed by atoms with Crippen molar-refractivity contribution < 1.29 is 9.53 Å². The molecule has 1 aliphatic rings. The lowest BCUT2D eigenvalue weighted by Gasteiger charge is -2.13. The van der Waals surface area contributed by atoms with E-state index in [4.69, 9.17) is 4.74 Å². The highest BCUT2D eigenvalue weighted by Crippen LogP contribution is 2.19. The van der Waals surface area contributed by atoms with Crippen molar-refractivity contribution in [2.45, 2.75) is 19.4 Å². The summed E-state index contributed by atoms with van der Waals surface area (Å²) in [5, 5.41) is 6.24. The van der Waals surface area contributed by atoms with E-state index in [0.717, 1.165) is 25.1 Å². The second kappa shape index (κ2) is 5.19. The molecule has 17 heavy (non-hydrogen) atoms. The Hall–Kier alpha value is -1.55. The lowest BCUT2D eigenvalue weighted by atomic mass is 10.1. The van der Waals surface area contributed by atoms with Crippen molar-refractivity contribution in [2.75, 3.05) is 20.2 Å². The fourth-order valence-corrected chi connectivity index (χ4v) is 2.04. The molecule has 0 radical (unpaired) electrons. The zero-order valence-electron chi connectivity index (χ0n) is 10.2. The Morgan fingerprint density at radius 3 is 3.00 bits per heavy atom. The average molecular weight is 234 g/mol. The fourth-order valence-electron chi connectivity index (χ4n) is 2.04. The van der Waals surface area contributed by atoms with Crippen LogP contribution in [-0.2, 0) is 0 Å². The van der Waals surface area contributed by atoms with Crippen LogP contribution in [0.5, 0.6) is 5.75 Å². The number of hydrogen-bond donors (Lipinski definition) is 2. The normalized spacial score (nSPS) is 19.1. The van der Waals surface area contributed by atoms with Gasteiger partial charge in [-0.3, -0.25) is 4.79 Å². The molecule has 0 aromatic heterocycles. The molecule has 4 heteroatoms. The van der Waals surface area contributed by atoms with Crippen molar-refractivity contribution >= 4 is 5.91 Å². The van der Waals surface area contributed by atoms with Gasteiger partial charge in [-0.05, 0) is 32.0 Å². The van der Waals surface area contributed by atoms with E-state index in [9.17, 15) is 4.79 Å². The van der Waals surface area contributed by atoms with Gasteiger partial charge in [0.15, 0.2) is 0 Å². The summed E-state index contributed by atoms with van der Waals surface area (Å²) in [5.74, 6) is 0.568. The van der Waals surface area contributed by atoms with Crippen LogP contribution >= 0.6 is 0 Å². The maximum atomic E-state index is 12.1. The topological polar surface area (TPSA) is 50.4 Å². The van der Waals surface area contributed by atoms with Gasteiger partial charge in [0.2, 0.25) is 0 Å². The van der Waals surface area contributed by atoms with Crippen LogP contribution in [0.3, 0.4) is 0 Å². The van der Waals surface area contributed by atoms with Crippen LogP contribution < -0.4 is 15.4 Å². The zero-order chi connectivity index (χ0) is 12.3. The van der Waals surface area contributed by atoms with Crippen LogP contribution in [0.25, 0.3) is 0 Å². The molecule has 1 aliphatic heterocycles. The number of benzene rings is 1. The summed E-state index contributed by atoms with van der Waals surface area (Å²) >= 11 is 0. The van der Waals surface area contributed by atoms with Crippen LogP contribution in [0.4, 0.5) is 0 Å². The minimum absolute atomic E-state index is 0.0562. The van der Waals surface area contributed by atoms with Gasteiger partial charge in [-0.2, -0.15) is 0 Å². The number of hydrogen-bond acceptors (Lipinski definition) is 3. The van der Waals surface area contributed by atoms with Gasteiger partial charge in [0.25, 0.3) is 5.91 Å². The summed E-state index contributed by atoms with van der Waals surface area (Å²) in [6, 6.07) is 5.85. The Bertz CT molecular complexity index is 412. The maximum Gasteiger partial charge on any atom is 0.255 e. The number of carbonyl (C=O) groups is 1. The van der Waals surface area contributed by atoms with Crippen molar-refractivity contribution in [2.24, 2.45) is 0 Å². The van der Waals surface area contributed by atoms with Crippen LogP contribution in [0.2, 0.25) is 0 Å². The molecular weight excluding hydrogens is 216 g/mol. The third-order valence-corrected chi connectivity index (χ3v) is 3.00. The largest absolute Gasteiger partial charge is 0.496 e. The fraction of sp³-hybridized carbons (Fsp3) is 0.462. The van der Waals surface area contributed by atoms with E-state index < -0.39 is 0 Å². The monoisotopic (exact) mass is 234 g/mol. The van der Waals surface area contributed by atoms with Gasteiger partial charge in [0, 0.05) is 12.6 Å². The molecule has 92 valence electrons. The zero-order valence-corrected chi connectivity index (χ0v) is 10.2. The molecule has 1 saturated heterocycles. The first-order chi connectivity index (χ1) is 8.20. The quantitative estimate of drug-likeness (QED) is 0.823. The van der Waals surface area contributed by atoms with Crippen molar-refractivity contribution in [3.8, 4) is 5.75 Å². The molecule has 1 heterocycles. The highest BCUT2D eigenvalue weighted by atomic mass is 16.5. The Labute approximate surface area is 101 Å². The summed E-state index contributed by atoms with van der Waals surface area (Å²) in [5.41, 5.74) is 1.67. The Balaban J connectivity index is 2.14. The molecule has 0 bridgehead atoms. The second-order valence-electron chi connectivity index (χ2n) is 4.37. The summed E-state index contributed by atoms with van der Waals surface area (Å²) in [4.78, 5) is 12.1. The van der Waals surface area contributed by atoms with Crippen molar-refractivity contribution in [1.82, 2.24) is 10.6 Å². The Morgan fingerprint density at radius 2 is 2.35 bits per heavy atom. The van der Waals surface area contributed by atoms with Gasteiger partial charge in [-0.25, -0.2) is 0 Å². The Morgan fingerprint density at radius 1 is 1.53 bits per heavy atom. The smallest absolute Gasteiger partial charge is 0.255 e. The standard InChI is InChI=1S/C13H18N2O2/c1-9-3-4-12(17-2)11(7-9)13(16)15-10-5-6-14-8-10/h3-4,7,10,14H,5-6,8H2,1-2H3,(H,15,16)/t10-/m1/s1. The number of carbonyl (C=O) groups excluding carboxylic acids is 1. The van der Waals surface area contributed by atoms with E-state index in [0.29, 0.717) is 11.3 Å². The number of nitrogens with one attached hydrogen (secondary N) is 2. The molecule has 1 aromatic carbocycles. The van der Waals surface area contributed by atoms with E-state index in [1.165, 1.54) is 0 Å². The Kier molecular flexibility index (Phi) is 3.64. The molecular formula is C13H18N2O2. The molecule has 1 aromatic rings. The molecule has 4 nitrogen and oxygen atoms in total. The lowest BCUT2D eigenvalue weighted by Crippen LogP contribution is -2.36. The number of amides is 1. The first-order valence-corrected chi connectivity index (χ1v) is 5.87. The third kappa shape index (κ3) is 2.77. The number of ether oxygens (including phenoxy) is 1. The maximum absolute atomic E-state index is 12.1. The van der Waals surface area contributed by atoms with E-state index in [-0.39, 0.29) is 11.9 Å². The molecule has 0 spiro atoms. The summed E-state index contributed by atoms with van der Waals surface area (Å²) in [7, 11) is 1.58. The molecule has 0 aliphatic carbocycles. The van der Waals surface area contributed by atoms with E-state index in [2.05, 4.69) is 10.6 Å². The molecule has 0 unspecified atom stereocenters. The van der Waals surface area contributed by atoms with Crippen molar-refractivity contribution in [3.05, 3.63) is 29.3 Å². The molecule has 1 fully saturated rings. The SMILES string of the molecule is COc1ccc(C)cc1C(=O)N[C@@H]1CCNC1. The predicted molar refractivity (Wildman–Crippen MR) is 66.5 cm³/mol. The second-order valence-corrected chi connectivity index (χ2v) is 4.37. The van der Waals surface area contributed by atoms with Crippen LogP contribution in [0.1, 0.15) is 22.3 Å². The van der Waals surface area contributed by atoms with Gasteiger partial charge >= 0.3 is 0 Å². The van der Waals surface area contributed by atoms with Gasteiger partial charge in [-0.15, -0.1) is 0 Å². The number of aryl methyl sites for hydroxylation is 1. The molecule has 0 saturated carbocycles. The molecule has 1 atom stereocenters. The lowest BCUT2D eigenvalue weighted by molar-refractivity contribution is 0.0937. The predicted octanol–water partition coefficient (Wildman–Crippen LogP) is 1.10. The van der Waals surface area contributed by atoms with Gasteiger partial charge in [0.05, 0.1) is 12.7 Å². The van der Waals surface area contributed by atoms with E-state index in [1.807, 2.05) is 25.1 Å². The third-order valence-electron chi connectivity index (χ3n) is 3.00. The van der Waals surface area contributed by atoms with Crippen molar-refractivity contribution in [3.63, 3.8) is 0 Å². The first-order valence-electron chi connectivity index (χ1n) is 5.87. The van der Waals surface area contributed by atoms with Crippen molar-refractivity contribution in [1.29, 1.82) is 0 Å². The van der Waals surface area contributed by atoms with E-state index in [1.54, 1.807) is 7.11 Å². The molecule has 2 N–H and O–H groups in total. The van der Waals surface area contributed by atoms with Crippen LogP contribution in [-0.4, -0.2) is 32.1 Å². The first kappa shape index (κ1) is 11.9. The summed E-state index contributed by atoms with van der Waals surface area (Å²) in [6.45, 7) is 3.78. The van der Waals surface area contributed by atoms with Gasteiger partial charge < -0.3 is 15.4 Å². The summed E-state index contributed by atoms with van der Waals surface area (Å²) < 4.78 is 5.21. The molecule has 1 amide bonds. The average Bonchev–Trinajstić information content (AvgIpc) is 2.81. The molecule has 2 rings (SSSR count). The van der Waals surface area contributed by atoms with Gasteiger partial charge in [0.1, 0.15) is 5.75 Å². The number of rotatable bonds is 3. The van der Waals surface area contributed by atoms with E-state index >= 15 is 0 Å². The highest BCUT2D eigenvalue weighted by Gasteiger charge is 2.19. The van der Waals surface area contributed by atoms with Crippen LogP contribution in [0, 0.1) is 6.92 Å². The summed E-state index contributed by atoms with van der Waals surface area (Å²) in [6.07, 6.45) is 0.986. The minimum Gasteiger partial charge on any atom is -0.496 e. The van der Waals surface area contributed by atoms with Gasteiger partial charge in [-0.1, -0.05) is 11.6 Å². The highest BCUT2D eigenvalue weighted by molar-refractivity contribution is 5.97. The van der Waals surface area contributed by atoms with Crippen LogP contribution in [0.15, 0.2) is 18.2 Å².